The Balaban J connectivity index is 0.000000474. The van der Waals surface area contributed by atoms with Crippen molar-refractivity contribution in [3.8, 4) is 0 Å². The van der Waals surface area contributed by atoms with Crippen molar-refractivity contribution in [2.45, 2.75) is 241 Å². The highest BCUT2D eigenvalue weighted by Crippen LogP contribution is 2.47. The zero-order valence-corrected chi connectivity index (χ0v) is 33.7. The van der Waals surface area contributed by atoms with E-state index in [1.165, 1.54) is 6.42 Å². The van der Waals surface area contributed by atoms with Gasteiger partial charge in [0.05, 0.1) is 22.4 Å². The molecule has 1 unspecified atom stereocenters. The van der Waals surface area contributed by atoms with E-state index in [-0.39, 0.29) is 27.8 Å². The molecular weight excluding hydrogens is 596 g/mol. The van der Waals surface area contributed by atoms with Crippen molar-refractivity contribution in [2.24, 2.45) is 11.3 Å². The molecule has 0 radical (unpaired) electrons. The van der Waals surface area contributed by atoms with Crippen molar-refractivity contribution >= 4 is 0 Å². The first-order valence-electron chi connectivity index (χ1n) is 19.1. The maximum absolute atomic E-state index is 6.02. The van der Waals surface area contributed by atoms with Gasteiger partial charge >= 0.3 is 0 Å². The number of hydrogen-bond acceptors (Lipinski definition) is 8. The second kappa shape index (κ2) is 19.3. The molecule has 282 valence electrons. The lowest BCUT2D eigenvalue weighted by molar-refractivity contribution is -0.553. The van der Waals surface area contributed by atoms with Crippen LogP contribution in [-0.2, 0) is 39.1 Å². The molecule has 0 amide bonds. The van der Waals surface area contributed by atoms with Crippen LogP contribution in [-0.4, -0.2) is 34.0 Å². The summed E-state index contributed by atoms with van der Waals surface area (Å²) in [7, 11) is 0. The van der Waals surface area contributed by atoms with Crippen LogP contribution in [0.1, 0.15) is 207 Å². The molecule has 2 rings (SSSR count). The summed E-state index contributed by atoms with van der Waals surface area (Å²) in [6.07, 6.45) is 15.7. The fourth-order valence-corrected chi connectivity index (χ4v) is 7.16. The second-order valence-electron chi connectivity index (χ2n) is 17.9. The maximum atomic E-state index is 6.02. The molecule has 8 heteroatoms. The van der Waals surface area contributed by atoms with E-state index < -0.39 is 11.6 Å². The van der Waals surface area contributed by atoms with Crippen LogP contribution in [0.4, 0.5) is 0 Å². The standard InChI is InChI=1S/C21H42O4.C18H36O4/c1-10-12-19(6,7)22-24-21(25-23-20(8,9)13-11-2)15-17(3)14-18(4,5)16-21;1-7-12-16(3,4)19-21-18(14-10-9-11-15-18)22-20-17(5,6)13-8-2/h17H,10-16H2,1-9H3;7-15H2,1-6H3. The lowest BCUT2D eigenvalue weighted by atomic mass is 9.70. The predicted molar refractivity (Wildman–Crippen MR) is 190 cm³/mol. The van der Waals surface area contributed by atoms with Crippen molar-refractivity contribution in [3.63, 3.8) is 0 Å². The Morgan fingerprint density at radius 3 is 1.11 bits per heavy atom. The molecule has 47 heavy (non-hydrogen) atoms. The van der Waals surface area contributed by atoms with Crippen molar-refractivity contribution < 1.29 is 39.1 Å². The Morgan fingerprint density at radius 2 is 0.809 bits per heavy atom. The highest BCUT2D eigenvalue weighted by Gasteiger charge is 2.49. The largest absolute Gasteiger partial charge is 0.234 e. The maximum Gasteiger partial charge on any atom is 0.234 e. The molecule has 2 aliphatic rings. The van der Waals surface area contributed by atoms with Gasteiger partial charge in [-0.2, -0.15) is 19.6 Å². The van der Waals surface area contributed by atoms with E-state index in [1.807, 2.05) is 0 Å². The molecule has 0 aromatic rings. The monoisotopic (exact) mass is 675 g/mol. The zero-order chi connectivity index (χ0) is 36.0. The summed E-state index contributed by atoms with van der Waals surface area (Å²) < 4.78 is 0. The van der Waals surface area contributed by atoms with Gasteiger partial charge in [0.2, 0.25) is 11.6 Å². The van der Waals surface area contributed by atoms with E-state index in [1.54, 1.807) is 0 Å². The van der Waals surface area contributed by atoms with Crippen LogP contribution >= 0.6 is 0 Å². The third-order valence-corrected chi connectivity index (χ3v) is 9.01. The van der Waals surface area contributed by atoms with Gasteiger partial charge in [-0.25, -0.2) is 19.6 Å². The Morgan fingerprint density at radius 1 is 0.489 bits per heavy atom. The topological polar surface area (TPSA) is 73.8 Å². The highest BCUT2D eigenvalue weighted by molar-refractivity contribution is 4.88. The van der Waals surface area contributed by atoms with E-state index in [0.717, 1.165) is 96.3 Å². The molecule has 2 fully saturated rings. The average molecular weight is 675 g/mol. The van der Waals surface area contributed by atoms with Gasteiger partial charge in [0.1, 0.15) is 0 Å². The SMILES string of the molecule is CCCC(C)(C)OOC1(OOC(C)(C)CCC)CC(C)CC(C)(C)C1.CCCC(C)(C)OOC1(OOC(C)(C)CCC)CCCCC1. The summed E-state index contributed by atoms with van der Waals surface area (Å²) >= 11 is 0. The molecular formula is C39H78O8. The Kier molecular flexibility index (Phi) is 18.4. The first-order valence-corrected chi connectivity index (χ1v) is 19.1. The van der Waals surface area contributed by atoms with Crippen molar-refractivity contribution in [1.82, 2.24) is 0 Å². The summed E-state index contributed by atoms with van der Waals surface area (Å²) in [6, 6.07) is 0. The fraction of sp³-hybridized carbons (Fsp3) is 1.00. The summed E-state index contributed by atoms with van der Waals surface area (Å²) in [4.78, 5) is 46.9. The van der Waals surface area contributed by atoms with Crippen LogP contribution < -0.4 is 0 Å². The van der Waals surface area contributed by atoms with Crippen LogP contribution in [0.5, 0.6) is 0 Å². The van der Waals surface area contributed by atoms with Gasteiger partial charge in [-0.15, -0.1) is 0 Å². The van der Waals surface area contributed by atoms with Crippen LogP contribution in [0.25, 0.3) is 0 Å². The lowest BCUT2D eigenvalue weighted by Crippen LogP contribution is -2.49. The quantitative estimate of drug-likeness (QED) is 0.0717. The van der Waals surface area contributed by atoms with Crippen LogP contribution in [0, 0.1) is 11.3 Å². The Bertz CT molecular complexity index is 798. The van der Waals surface area contributed by atoms with E-state index in [4.69, 9.17) is 39.1 Å². The molecule has 0 aromatic carbocycles. The first kappa shape index (κ1) is 44.7. The molecule has 2 aliphatic carbocycles. The van der Waals surface area contributed by atoms with Gasteiger partial charge in [-0.1, -0.05) is 80.6 Å². The summed E-state index contributed by atoms with van der Waals surface area (Å²) in [5.74, 6) is -1.12. The van der Waals surface area contributed by atoms with Gasteiger partial charge in [-0.3, -0.25) is 0 Å². The van der Waals surface area contributed by atoms with Crippen LogP contribution in [0.2, 0.25) is 0 Å². The summed E-state index contributed by atoms with van der Waals surface area (Å²) in [6.45, 7) is 31.8. The zero-order valence-electron chi connectivity index (χ0n) is 33.7. The third kappa shape index (κ3) is 18.0. The van der Waals surface area contributed by atoms with Gasteiger partial charge in [0, 0.05) is 25.7 Å². The highest BCUT2D eigenvalue weighted by atomic mass is 17.3. The van der Waals surface area contributed by atoms with E-state index in [2.05, 4.69) is 104 Å². The van der Waals surface area contributed by atoms with Crippen LogP contribution in [0.15, 0.2) is 0 Å². The second-order valence-corrected chi connectivity index (χ2v) is 17.9. The molecule has 0 aromatic heterocycles. The van der Waals surface area contributed by atoms with E-state index >= 15 is 0 Å². The minimum atomic E-state index is -0.850. The van der Waals surface area contributed by atoms with Gasteiger partial charge in [0.15, 0.2) is 0 Å². The Hall–Kier alpha value is -0.320. The fourth-order valence-electron chi connectivity index (χ4n) is 7.16. The van der Waals surface area contributed by atoms with E-state index in [9.17, 15) is 0 Å². The molecule has 0 saturated heterocycles. The third-order valence-electron chi connectivity index (χ3n) is 9.01. The van der Waals surface area contributed by atoms with Gasteiger partial charge in [0.25, 0.3) is 0 Å². The molecule has 0 aliphatic heterocycles. The average Bonchev–Trinajstić information content (AvgIpc) is 2.93. The van der Waals surface area contributed by atoms with E-state index in [0.29, 0.717) is 5.92 Å². The molecule has 0 N–H and O–H groups in total. The molecule has 0 heterocycles. The molecule has 1 atom stereocenters. The summed E-state index contributed by atoms with van der Waals surface area (Å²) in [5, 5.41) is 0. The normalized spacial score (nSPS) is 21.6. The lowest BCUT2D eigenvalue weighted by Gasteiger charge is -2.46. The van der Waals surface area contributed by atoms with Crippen LogP contribution in [0.3, 0.4) is 0 Å². The predicted octanol–water partition coefficient (Wildman–Crippen LogP) is 12.3. The molecule has 2 saturated carbocycles. The minimum absolute atomic E-state index is 0.119. The minimum Gasteiger partial charge on any atom is -0.228 e. The summed E-state index contributed by atoms with van der Waals surface area (Å²) in [5.41, 5.74) is -1.17. The first-order chi connectivity index (χ1) is 21.6. The number of hydrogen-bond donors (Lipinski definition) is 0. The Labute approximate surface area is 290 Å². The van der Waals surface area contributed by atoms with Crippen molar-refractivity contribution in [2.75, 3.05) is 0 Å². The number of rotatable bonds is 20. The molecule has 8 nitrogen and oxygen atoms in total. The van der Waals surface area contributed by atoms with Gasteiger partial charge < -0.3 is 0 Å². The molecule has 0 spiro atoms. The molecule has 0 bridgehead atoms. The van der Waals surface area contributed by atoms with Gasteiger partial charge in [-0.05, 0) is 112 Å². The van der Waals surface area contributed by atoms with Crippen molar-refractivity contribution in [3.05, 3.63) is 0 Å². The van der Waals surface area contributed by atoms with Crippen molar-refractivity contribution in [1.29, 1.82) is 0 Å². The smallest absolute Gasteiger partial charge is 0.228 e.